The van der Waals surface area contributed by atoms with Crippen LogP contribution in [0.1, 0.15) is 67.9 Å². The van der Waals surface area contributed by atoms with Crippen molar-refractivity contribution in [2.45, 2.75) is 65.2 Å². The van der Waals surface area contributed by atoms with Crippen molar-refractivity contribution in [3.63, 3.8) is 0 Å². The highest BCUT2D eigenvalue weighted by Gasteiger charge is 1.96. The Kier molecular flexibility index (Phi) is 8.79. The molecule has 0 saturated heterocycles. The fourth-order valence-corrected chi connectivity index (χ4v) is 1.50. The number of hydrogen-bond donors (Lipinski definition) is 0. The van der Waals surface area contributed by atoms with Gasteiger partial charge in [0.1, 0.15) is 0 Å². The molecule has 0 radical (unpaired) electrons. The first kappa shape index (κ1) is 11.2. The molecular formula is C14H28O. The van der Waals surface area contributed by atoms with E-state index in [-0.39, 0.29) is 6.40 Å². The van der Waals surface area contributed by atoms with E-state index in [4.69, 9.17) is 7.48 Å². The average Bonchev–Trinajstić information content (AvgIpc) is 2.28. The summed E-state index contributed by atoms with van der Waals surface area (Å²) in [5.74, 6) is 0. The molecule has 1 heteroatoms. The Labute approximate surface area is 98.7 Å². The lowest BCUT2D eigenvalue weighted by Gasteiger charge is -2.06. The molecule has 0 fully saturated rings. The minimum absolute atomic E-state index is 0.120. The van der Waals surface area contributed by atoms with Crippen LogP contribution in [0.5, 0.6) is 0 Å². The standard InChI is InChI=1S/C14H28O/c1-4-6-8-10-12-14(13-15-3)11-9-7-5-2/h12H,4-11,13H2,1-3H3/b14-12-/i8D,12D. The zero-order valence-corrected chi connectivity index (χ0v) is 10.6. The second-order valence-corrected chi connectivity index (χ2v) is 3.95. The Balaban J connectivity index is 4.28. The Morgan fingerprint density at radius 1 is 1.27 bits per heavy atom. The number of methoxy groups -OCH3 is 1. The van der Waals surface area contributed by atoms with Gasteiger partial charge in [-0.3, -0.25) is 0 Å². The summed E-state index contributed by atoms with van der Waals surface area (Å²) in [6.07, 6.45) is 6.87. The van der Waals surface area contributed by atoms with Crippen LogP contribution < -0.4 is 0 Å². The van der Waals surface area contributed by atoms with Crippen molar-refractivity contribution < 1.29 is 7.48 Å². The van der Waals surface area contributed by atoms with Gasteiger partial charge < -0.3 is 4.74 Å². The van der Waals surface area contributed by atoms with Crippen LogP contribution in [0.2, 0.25) is 0 Å². The monoisotopic (exact) mass is 214 g/mol. The van der Waals surface area contributed by atoms with E-state index in [9.17, 15) is 0 Å². The predicted octanol–water partition coefficient (Wildman–Crippen LogP) is 4.72. The molecule has 0 aliphatic carbocycles. The Morgan fingerprint density at radius 2 is 2.00 bits per heavy atom. The molecule has 1 unspecified atom stereocenters. The van der Waals surface area contributed by atoms with Crippen LogP contribution in [-0.2, 0) is 4.74 Å². The first-order chi connectivity index (χ1) is 8.15. The van der Waals surface area contributed by atoms with E-state index in [1.54, 1.807) is 7.11 Å². The van der Waals surface area contributed by atoms with Gasteiger partial charge in [-0.15, -0.1) is 0 Å². The van der Waals surface area contributed by atoms with Crippen LogP contribution in [0.3, 0.4) is 0 Å². The molecule has 0 aliphatic rings. The second kappa shape index (κ2) is 11.8. The van der Waals surface area contributed by atoms with E-state index in [1.165, 1.54) is 12.8 Å². The normalized spacial score (nSPS) is 16.7. The quantitative estimate of drug-likeness (QED) is 0.378. The average molecular weight is 214 g/mol. The smallest absolute Gasteiger partial charge is 0.0672 e. The molecule has 0 N–H and O–H groups in total. The van der Waals surface area contributed by atoms with Gasteiger partial charge in [0.25, 0.3) is 0 Å². The first-order valence-corrected chi connectivity index (χ1v) is 6.24. The molecule has 15 heavy (non-hydrogen) atoms. The van der Waals surface area contributed by atoms with E-state index < -0.39 is 0 Å². The molecule has 0 aromatic heterocycles. The molecule has 0 amide bonds. The number of unbranched alkanes of at least 4 members (excludes halogenated alkanes) is 2. The van der Waals surface area contributed by atoms with Crippen molar-refractivity contribution in [1.29, 1.82) is 0 Å². The van der Waals surface area contributed by atoms with Gasteiger partial charge in [0.2, 0.25) is 0 Å². The maximum atomic E-state index is 8.06. The maximum Gasteiger partial charge on any atom is 0.0672 e. The van der Waals surface area contributed by atoms with E-state index in [0.29, 0.717) is 19.1 Å². The molecular weight excluding hydrogens is 184 g/mol. The van der Waals surface area contributed by atoms with Crippen molar-refractivity contribution in [1.82, 2.24) is 0 Å². The van der Waals surface area contributed by atoms with E-state index in [0.717, 1.165) is 31.3 Å². The maximum absolute atomic E-state index is 8.06. The minimum atomic E-state index is -0.120. The third kappa shape index (κ3) is 9.99. The van der Waals surface area contributed by atoms with Crippen molar-refractivity contribution in [2.24, 2.45) is 0 Å². The summed E-state index contributed by atoms with van der Waals surface area (Å²) in [5, 5.41) is 0. The van der Waals surface area contributed by atoms with Crippen molar-refractivity contribution in [3.05, 3.63) is 11.6 Å². The summed E-state index contributed by atoms with van der Waals surface area (Å²) < 4.78 is 21.1. The van der Waals surface area contributed by atoms with E-state index in [1.807, 2.05) is 0 Å². The van der Waals surface area contributed by atoms with Gasteiger partial charge >= 0.3 is 0 Å². The number of hydrogen-bond acceptors (Lipinski definition) is 1. The van der Waals surface area contributed by atoms with Gasteiger partial charge in [0.05, 0.1) is 7.98 Å². The van der Waals surface area contributed by atoms with Gasteiger partial charge in [-0.2, -0.15) is 0 Å². The largest absolute Gasteiger partial charge is 0.380 e. The van der Waals surface area contributed by atoms with Crippen LogP contribution in [0.4, 0.5) is 0 Å². The third-order valence-electron chi connectivity index (χ3n) is 2.39. The van der Waals surface area contributed by atoms with Crippen LogP contribution in [-0.4, -0.2) is 13.7 Å². The number of allylic oxidation sites excluding steroid dienone is 1. The van der Waals surface area contributed by atoms with Crippen LogP contribution in [0.25, 0.3) is 0 Å². The third-order valence-corrected chi connectivity index (χ3v) is 2.39. The van der Waals surface area contributed by atoms with E-state index in [2.05, 4.69) is 13.8 Å². The molecule has 90 valence electrons. The lowest BCUT2D eigenvalue weighted by Crippen LogP contribution is -1.95. The van der Waals surface area contributed by atoms with Gasteiger partial charge in [-0.1, -0.05) is 45.6 Å². The Morgan fingerprint density at radius 3 is 2.60 bits per heavy atom. The van der Waals surface area contributed by atoms with Crippen molar-refractivity contribution in [2.75, 3.05) is 13.7 Å². The first-order valence-electron chi connectivity index (χ1n) is 7.32. The summed E-state index contributed by atoms with van der Waals surface area (Å²) in [5.41, 5.74) is 1.09. The van der Waals surface area contributed by atoms with Gasteiger partial charge in [-0.25, -0.2) is 0 Å². The summed E-state index contributed by atoms with van der Waals surface area (Å²) in [4.78, 5) is 0. The zero-order chi connectivity index (χ0) is 13.1. The van der Waals surface area contributed by atoms with Crippen LogP contribution >= 0.6 is 0 Å². The molecule has 0 spiro atoms. The molecule has 0 aromatic carbocycles. The van der Waals surface area contributed by atoms with Crippen molar-refractivity contribution in [3.8, 4) is 0 Å². The molecule has 0 rings (SSSR count). The highest BCUT2D eigenvalue weighted by Crippen LogP contribution is 2.11. The van der Waals surface area contributed by atoms with Gasteiger partial charge in [0, 0.05) is 8.48 Å². The van der Waals surface area contributed by atoms with Gasteiger partial charge in [0.15, 0.2) is 0 Å². The van der Waals surface area contributed by atoms with E-state index >= 15 is 0 Å². The minimum Gasteiger partial charge on any atom is -0.380 e. The second-order valence-electron chi connectivity index (χ2n) is 3.95. The topological polar surface area (TPSA) is 9.23 Å². The Hall–Kier alpha value is -0.300. The van der Waals surface area contributed by atoms with Crippen LogP contribution in [0, 0.1) is 0 Å². The lowest BCUT2D eigenvalue weighted by molar-refractivity contribution is 0.222. The lowest BCUT2D eigenvalue weighted by atomic mass is 10.1. The van der Waals surface area contributed by atoms with Gasteiger partial charge in [-0.05, 0) is 31.2 Å². The number of ether oxygens (including phenoxy) is 1. The molecule has 0 saturated carbocycles. The fraction of sp³-hybridized carbons (Fsp3) is 0.857. The summed E-state index contributed by atoms with van der Waals surface area (Å²) >= 11 is 0. The van der Waals surface area contributed by atoms with Crippen molar-refractivity contribution >= 4 is 0 Å². The predicted molar refractivity (Wildman–Crippen MR) is 68.2 cm³/mol. The molecule has 0 heterocycles. The molecule has 0 bridgehead atoms. The Bertz CT molecular complexity index is 214. The highest BCUT2D eigenvalue weighted by molar-refractivity contribution is 5.02. The number of rotatable bonds is 10. The molecule has 0 aromatic rings. The molecule has 1 nitrogen and oxygen atoms in total. The molecule has 0 aliphatic heterocycles. The highest BCUT2D eigenvalue weighted by atomic mass is 16.5. The summed E-state index contributed by atoms with van der Waals surface area (Å²) in [7, 11) is 1.68. The summed E-state index contributed by atoms with van der Waals surface area (Å²) in [6.45, 7) is 4.83. The zero-order valence-electron chi connectivity index (χ0n) is 12.6. The molecule has 1 atom stereocenters. The SMILES string of the molecule is [2H]/C(CC([2H])CCC)=C(\CCCCC)COC. The van der Waals surface area contributed by atoms with Crippen LogP contribution in [0.15, 0.2) is 11.6 Å². The fourth-order valence-electron chi connectivity index (χ4n) is 1.50. The summed E-state index contributed by atoms with van der Waals surface area (Å²) in [6, 6.07) is 0.636.